The van der Waals surface area contributed by atoms with E-state index in [1.165, 1.54) is 0 Å². The van der Waals surface area contributed by atoms with Crippen LogP contribution in [0.3, 0.4) is 0 Å². The van der Waals surface area contributed by atoms with Gasteiger partial charge in [-0.2, -0.15) is 0 Å². The fourth-order valence-corrected chi connectivity index (χ4v) is 2.23. The van der Waals surface area contributed by atoms with E-state index in [1.54, 1.807) is 6.07 Å². The highest BCUT2D eigenvalue weighted by Crippen LogP contribution is 2.42. The molecule has 0 saturated heterocycles. The lowest BCUT2D eigenvalue weighted by Gasteiger charge is -2.29. The van der Waals surface area contributed by atoms with Gasteiger partial charge in [-0.15, -0.1) is 0 Å². The van der Waals surface area contributed by atoms with Crippen LogP contribution >= 0.6 is 23.2 Å². The molecule has 0 bridgehead atoms. The minimum atomic E-state index is -0.513. The standard InChI is InChI=1S/C12H13Cl2NO2/c1-5(2)10-12(16)15-8-4-7(13)6(3)9(14)11(8)17-10/h4-5,10H,1-3H3,(H,15,16). The van der Waals surface area contributed by atoms with Gasteiger partial charge in [-0.05, 0) is 24.5 Å². The maximum absolute atomic E-state index is 11.8. The number of carbonyl (C=O) groups is 1. The highest BCUT2D eigenvalue weighted by Gasteiger charge is 2.32. The second-order valence-corrected chi connectivity index (χ2v) is 5.23. The summed E-state index contributed by atoms with van der Waals surface area (Å²) in [5, 5.41) is 3.74. The van der Waals surface area contributed by atoms with Gasteiger partial charge in [0.25, 0.3) is 5.91 Å². The summed E-state index contributed by atoms with van der Waals surface area (Å²) in [6, 6.07) is 1.66. The largest absolute Gasteiger partial charge is 0.477 e. The molecule has 0 spiro atoms. The van der Waals surface area contributed by atoms with Gasteiger partial charge in [0.2, 0.25) is 0 Å². The zero-order valence-electron chi connectivity index (χ0n) is 9.80. The smallest absolute Gasteiger partial charge is 0.265 e. The molecule has 17 heavy (non-hydrogen) atoms. The molecule has 1 heterocycles. The molecule has 2 rings (SSSR count). The number of fused-ring (bicyclic) bond motifs is 1. The fraction of sp³-hybridized carbons (Fsp3) is 0.417. The number of hydrogen-bond donors (Lipinski definition) is 1. The molecule has 1 amide bonds. The van der Waals surface area contributed by atoms with Crippen LogP contribution in [0, 0.1) is 12.8 Å². The van der Waals surface area contributed by atoms with Crippen molar-refractivity contribution in [2.75, 3.05) is 5.32 Å². The van der Waals surface area contributed by atoms with Gasteiger partial charge in [0.15, 0.2) is 11.9 Å². The third-order valence-electron chi connectivity index (χ3n) is 2.77. The first kappa shape index (κ1) is 12.5. The van der Waals surface area contributed by atoms with E-state index in [1.807, 2.05) is 20.8 Å². The second-order valence-electron chi connectivity index (χ2n) is 4.45. The predicted molar refractivity (Wildman–Crippen MR) is 69.1 cm³/mol. The van der Waals surface area contributed by atoms with Crippen LogP contribution in [0.4, 0.5) is 5.69 Å². The molecule has 0 aromatic heterocycles. The van der Waals surface area contributed by atoms with Crippen LogP contribution in [-0.2, 0) is 4.79 Å². The molecular weight excluding hydrogens is 261 g/mol. The normalized spacial score (nSPS) is 18.7. The van der Waals surface area contributed by atoms with Crippen molar-refractivity contribution in [3.63, 3.8) is 0 Å². The second kappa shape index (κ2) is 4.39. The Bertz CT molecular complexity index is 486. The molecule has 1 aromatic carbocycles. The van der Waals surface area contributed by atoms with Gasteiger partial charge in [-0.1, -0.05) is 37.0 Å². The number of carbonyl (C=O) groups excluding carboxylic acids is 1. The molecule has 3 nitrogen and oxygen atoms in total. The van der Waals surface area contributed by atoms with Crippen molar-refractivity contribution in [2.45, 2.75) is 26.9 Å². The van der Waals surface area contributed by atoms with E-state index in [4.69, 9.17) is 27.9 Å². The molecular formula is C12H13Cl2NO2. The van der Waals surface area contributed by atoms with Crippen molar-refractivity contribution in [2.24, 2.45) is 5.92 Å². The number of ether oxygens (including phenoxy) is 1. The lowest BCUT2D eigenvalue weighted by atomic mass is 10.0. The minimum Gasteiger partial charge on any atom is -0.477 e. The Hall–Kier alpha value is -0.930. The lowest BCUT2D eigenvalue weighted by Crippen LogP contribution is -2.40. The number of anilines is 1. The third kappa shape index (κ3) is 2.09. The average Bonchev–Trinajstić information content (AvgIpc) is 2.25. The molecule has 0 saturated carbocycles. The lowest BCUT2D eigenvalue weighted by molar-refractivity contribution is -0.125. The molecule has 0 radical (unpaired) electrons. The number of halogens is 2. The average molecular weight is 274 g/mol. The van der Waals surface area contributed by atoms with Crippen molar-refractivity contribution < 1.29 is 9.53 Å². The van der Waals surface area contributed by atoms with Crippen LogP contribution < -0.4 is 10.1 Å². The monoisotopic (exact) mass is 273 g/mol. The van der Waals surface area contributed by atoms with Gasteiger partial charge in [0.1, 0.15) is 0 Å². The summed E-state index contributed by atoms with van der Waals surface area (Å²) in [6.07, 6.45) is -0.513. The Labute approximate surface area is 110 Å². The summed E-state index contributed by atoms with van der Waals surface area (Å²) in [5.74, 6) is 0.422. The molecule has 0 fully saturated rings. The van der Waals surface area contributed by atoms with Gasteiger partial charge < -0.3 is 10.1 Å². The Kier molecular flexibility index (Phi) is 3.23. The Balaban J connectivity index is 2.50. The van der Waals surface area contributed by atoms with Gasteiger partial charge in [0, 0.05) is 5.02 Å². The Morgan fingerprint density at radius 1 is 1.41 bits per heavy atom. The van der Waals surface area contributed by atoms with E-state index in [0.717, 1.165) is 5.56 Å². The van der Waals surface area contributed by atoms with E-state index < -0.39 is 6.10 Å². The predicted octanol–water partition coefficient (Wildman–Crippen LogP) is 3.66. The highest BCUT2D eigenvalue weighted by molar-refractivity contribution is 6.37. The molecule has 1 aromatic rings. The molecule has 1 N–H and O–H groups in total. The quantitative estimate of drug-likeness (QED) is 0.848. The summed E-state index contributed by atoms with van der Waals surface area (Å²) < 4.78 is 5.67. The van der Waals surface area contributed by atoms with Gasteiger partial charge in [-0.25, -0.2) is 0 Å². The first-order valence-corrected chi connectivity index (χ1v) is 6.13. The van der Waals surface area contributed by atoms with Crippen LogP contribution in [0.1, 0.15) is 19.4 Å². The van der Waals surface area contributed by atoms with Gasteiger partial charge in [0.05, 0.1) is 10.7 Å². The van der Waals surface area contributed by atoms with Gasteiger partial charge in [-0.3, -0.25) is 4.79 Å². The molecule has 92 valence electrons. The van der Waals surface area contributed by atoms with E-state index in [2.05, 4.69) is 5.32 Å². The summed E-state index contributed by atoms with van der Waals surface area (Å²) in [5.41, 5.74) is 1.29. The fourth-order valence-electron chi connectivity index (χ4n) is 1.73. The number of nitrogens with one attached hydrogen (secondary N) is 1. The first-order valence-electron chi connectivity index (χ1n) is 5.38. The Morgan fingerprint density at radius 2 is 2.06 bits per heavy atom. The molecule has 1 atom stereocenters. The number of rotatable bonds is 1. The summed E-state index contributed by atoms with van der Waals surface area (Å²) in [6.45, 7) is 5.66. The van der Waals surface area contributed by atoms with E-state index in [-0.39, 0.29) is 11.8 Å². The molecule has 1 aliphatic heterocycles. The van der Waals surface area contributed by atoms with E-state index >= 15 is 0 Å². The van der Waals surface area contributed by atoms with Crippen LogP contribution in [0.2, 0.25) is 10.0 Å². The third-order valence-corrected chi connectivity index (χ3v) is 3.62. The minimum absolute atomic E-state index is 0.0789. The maximum atomic E-state index is 11.8. The molecule has 1 aliphatic rings. The summed E-state index contributed by atoms with van der Waals surface area (Å²) >= 11 is 12.2. The molecule has 5 heteroatoms. The van der Waals surface area contributed by atoms with Crippen molar-refractivity contribution in [1.82, 2.24) is 0 Å². The van der Waals surface area contributed by atoms with Crippen LogP contribution in [0.25, 0.3) is 0 Å². The van der Waals surface area contributed by atoms with Crippen molar-refractivity contribution in [1.29, 1.82) is 0 Å². The number of hydrogen-bond acceptors (Lipinski definition) is 2. The van der Waals surface area contributed by atoms with Gasteiger partial charge >= 0.3 is 0 Å². The number of amides is 1. The van der Waals surface area contributed by atoms with Crippen LogP contribution in [-0.4, -0.2) is 12.0 Å². The zero-order valence-corrected chi connectivity index (χ0v) is 11.3. The molecule has 1 unspecified atom stereocenters. The zero-order chi connectivity index (χ0) is 12.7. The maximum Gasteiger partial charge on any atom is 0.265 e. The van der Waals surface area contributed by atoms with Crippen molar-refractivity contribution in [3.05, 3.63) is 21.7 Å². The summed E-state index contributed by atoms with van der Waals surface area (Å²) in [7, 11) is 0. The highest BCUT2D eigenvalue weighted by atomic mass is 35.5. The van der Waals surface area contributed by atoms with Crippen LogP contribution in [0.5, 0.6) is 5.75 Å². The SMILES string of the molecule is Cc1c(Cl)cc2c(c1Cl)OC(C(C)C)C(=O)N2. The topological polar surface area (TPSA) is 38.3 Å². The van der Waals surface area contributed by atoms with Crippen LogP contribution in [0.15, 0.2) is 6.07 Å². The Morgan fingerprint density at radius 3 is 2.65 bits per heavy atom. The summed E-state index contributed by atoms with van der Waals surface area (Å²) in [4.78, 5) is 11.8. The van der Waals surface area contributed by atoms with Crippen molar-refractivity contribution in [3.8, 4) is 5.75 Å². The number of benzene rings is 1. The van der Waals surface area contributed by atoms with E-state index in [9.17, 15) is 4.79 Å². The first-order chi connectivity index (χ1) is 7.91. The molecule has 0 aliphatic carbocycles. The van der Waals surface area contributed by atoms with E-state index in [0.29, 0.717) is 21.5 Å². The van der Waals surface area contributed by atoms with Crippen molar-refractivity contribution >= 4 is 34.8 Å².